The minimum atomic E-state index is -0.0207. The van der Waals surface area contributed by atoms with Gasteiger partial charge in [-0.3, -0.25) is 9.48 Å². The van der Waals surface area contributed by atoms with Crippen molar-refractivity contribution in [1.82, 2.24) is 14.3 Å². The zero-order valence-electron chi connectivity index (χ0n) is 10.3. The molecule has 5 nitrogen and oxygen atoms in total. The molecule has 0 aromatic carbocycles. The first kappa shape index (κ1) is 11.4. The number of nitrogens with two attached hydrogens (primary N) is 1. The van der Waals surface area contributed by atoms with Gasteiger partial charge in [0.05, 0.1) is 12.2 Å². The Morgan fingerprint density at radius 3 is 2.59 bits per heavy atom. The number of nitrogens with zero attached hydrogens (tertiary/aromatic N) is 3. The zero-order chi connectivity index (χ0) is 12.6. The number of aromatic nitrogens is 3. The zero-order valence-corrected chi connectivity index (χ0v) is 10.3. The Balaban J connectivity index is 2.49. The molecular weight excluding hydrogens is 216 g/mol. The van der Waals surface area contributed by atoms with Gasteiger partial charge < -0.3 is 10.3 Å². The summed E-state index contributed by atoms with van der Waals surface area (Å²) in [5.74, 6) is 0.609. The topological polar surface area (TPSA) is 65.8 Å². The summed E-state index contributed by atoms with van der Waals surface area (Å²) < 4.78 is 3.33. The SMILES string of the molecule is Cc1nn(C)c(N)c1Cn1c(C)cccc1=O. The van der Waals surface area contributed by atoms with Crippen LogP contribution in [0.25, 0.3) is 0 Å². The summed E-state index contributed by atoms with van der Waals surface area (Å²) >= 11 is 0. The number of pyridine rings is 1. The normalized spacial score (nSPS) is 10.8. The monoisotopic (exact) mass is 232 g/mol. The predicted octanol–water partition coefficient (Wildman–Crippen LogP) is 0.829. The van der Waals surface area contributed by atoms with Gasteiger partial charge in [-0.15, -0.1) is 0 Å². The summed E-state index contributed by atoms with van der Waals surface area (Å²) in [6.07, 6.45) is 0. The molecular formula is C12H16N4O. The van der Waals surface area contributed by atoms with Crippen LogP contribution in [0.15, 0.2) is 23.0 Å². The van der Waals surface area contributed by atoms with Crippen LogP contribution in [0, 0.1) is 13.8 Å². The average molecular weight is 232 g/mol. The Kier molecular flexibility index (Phi) is 2.75. The number of hydrogen-bond acceptors (Lipinski definition) is 3. The minimum Gasteiger partial charge on any atom is -0.384 e. The van der Waals surface area contributed by atoms with Gasteiger partial charge in [0.1, 0.15) is 5.82 Å². The van der Waals surface area contributed by atoms with Crippen LogP contribution in [0.1, 0.15) is 17.0 Å². The quantitative estimate of drug-likeness (QED) is 0.834. The Hall–Kier alpha value is -2.04. The van der Waals surface area contributed by atoms with Gasteiger partial charge >= 0.3 is 0 Å². The van der Waals surface area contributed by atoms with Crippen LogP contribution < -0.4 is 11.3 Å². The second-order valence-electron chi connectivity index (χ2n) is 4.16. The summed E-state index contributed by atoms with van der Waals surface area (Å²) in [6.45, 7) is 4.27. The summed E-state index contributed by atoms with van der Waals surface area (Å²) in [7, 11) is 1.80. The summed E-state index contributed by atoms with van der Waals surface area (Å²) in [5.41, 5.74) is 8.60. The highest BCUT2D eigenvalue weighted by Gasteiger charge is 2.12. The van der Waals surface area contributed by atoms with Crippen molar-refractivity contribution in [1.29, 1.82) is 0 Å². The van der Waals surface area contributed by atoms with E-state index >= 15 is 0 Å². The summed E-state index contributed by atoms with van der Waals surface area (Å²) in [6, 6.07) is 5.21. The molecule has 0 fully saturated rings. The lowest BCUT2D eigenvalue weighted by Gasteiger charge is -2.09. The fourth-order valence-corrected chi connectivity index (χ4v) is 1.90. The predicted molar refractivity (Wildman–Crippen MR) is 66.9 cm³/mol. The van der Waals surface area contributed by atoms with Gasteiger partial charge in [-0.2, -0.15) is 5.10 Å². The molecule has 0 spiro atoms. The molecule has 17 heavy (non-hydrogen) atoms. The third-order valence-corrected chi connectivity index (χ3v) is 2.98. The molecule has 0 aliphatic rings. The van der Waals surface area contributed by atoms with Gasteiger partial charge in [-0.25, -0.2) is 0 Å². The molecule has 0 atom stereocenters. The van der Waals surface area contributed by atoms with E-state index in [2.05, 4.69) is 5.10 Å². The molecule has 2 N–H and O–H groups in total. The second-order valence-corrected chi connectivity index (χ2v) is 4.16. The van der Waals surface area contributed by atoms with E-state index in [4.69, 9.17) is 5.73 Å². The van der Waals surface area contributed by atoms with Gasteiger partial charge in [0.2, 0.25) is 0 Å². The molecule has 5 heteroatoms. The molecule has 0 aliphatic heterocycles. The molecule has 2 aromatic rings. The standard InChI is InChI=1S/C12H16N4O/c1-8-5-4-6-11(17)16(8)7-10-9(2)14-15(3)12(10)13/h4-6H,7,13H2,1-3H3. The van der Waals surface area contributed by atoms with Crippen molar-refractivity contribution in [2.24, 2.45) is 7.05 Å². The Morgan fingerprint density at radius 2 is 2.06 bits per heavy atom. The van der Waals surface area contributed by atoms with Gasteiger partial charge in [-0.05, 0) is 19.9 Å². The van der Waals surface area contributed by atoms with Gasteiger partial charge in [-0.1, -0.05) is 6.07 Å². The maximum absolute atomic E-state index is 11.8. The van der Waals surface area contributed by atoms with E-state index in [1.165, 1.54) is 0 Å². The van der Waals surface area contributed by atoms with E-state index in [9.17, 15) is 4.79 Å². The van der Waals surface area contributed by atoms with Crippen LogP contribution in [0.5, 0.6) is 0 Å². The van der Waals surface area contributed by atoms with E-state index in [-0.39, 0.29) is 5.56 Å². The maximum atomic E-state index is 11.8. The number of aryl methyl sites for hydroxylation is 3. The Morgan fingerprint density at radius 1 is 1.35 bits per heavy atom. The first-order valence-corrected chi connectivity index (χ1v) is 5.45. The number of rotatable bonds is 2. The molecule has 0 unspecified atom stereocenters. The van der Waals surface area contributed by atoms with Gasteiger partial charge in [0.15, 0.2) is 0 Å². The molecule has 2 rings (SSSR count). The lowest BCUT2D eigenvalue weighted by atomic mass is 10.2. The van der Waals surface area contributed by atoms with Crippen molar-refractivity contribution in [2.45, 2.75) is 20.4 Å². The van der Waals surface area contributed by atoms with Crippen molar-refractivity contribution in [2.75, 3.05) is 5.73 Å². The Labute approximate surface area is 99.5 Å². The van der Waals surface area contributed by atoms with Crippen molar-refractivity contribution in [3.8, 4) is 0 Å². The fraction of sp³-hybridized carbons (Fsp3) is 0.333. The molecule has 0 saturated heterocycles. The van der Waals surface area contributed by atoms with Crippen LogP contribution in [0.3, 0.4) is 0 Å². The summed E-state index contributed by atoms with van der Waals surface area (Å²) in [5, 5.41) is 4.24. The van der Waals surface area contributed by atoms with Gasteiger partial charge in [0.25, 0.3) is 5.56 Å². The first-order chi connectivity index (χ1) is 8.00. The van der Waals surface area contributed by atoms with E-state index in [1.807, 2.05) is 19.9 Å². The third kappa shape index (κ3) is 1.95. The fourth-order valence-electron chi connectivity index (χ4n) is 1.90. The van der Waals surface area contributed by atoms with Crippen molar-refractivity contribution < 1.29 is 0 Å². The highest BCUT2D eigenvalue weighted by Crippen LogP contribution is 2.16. The smallest absolute Gasteiger partial charge is 0.251 e. The molecule has 2 heterocycles. The van der Waals surface area contributed by atoms with Gasteiger partial charge in [0, 0.05) is 24.4 Å². The number of hydrogen-bond donors (Lipinski definition) is 1. The molecule has 0 bridgehead atoms. The average Bonchev–Trinajstić information content (AvgIpc) is 2.49. The van der Waals surface area contributed by atoms with Crippen LogP contribution in [-0.2, 0) is 13.6 Å². The molecule has 90 valence electrons. The highest BCUT2D eigenvalue weighted by molar-refractivity contribution is 5.43. The van der Waals surface area contributed by atoms with E-state index in [1.54, 1.807) is 28.4 Å². The van der Waals surface area contributed by atoms with E-state index in [0.29, 0.717) is 12.4 Å². The maximum Gasteiger partial charge on any atom is 0.251 e. The summed E-state index contributed by atoms with van der Waals surface area (Å²) in [4.78, 5) is 11.8. The first-order valence-electron chi connectivity index (χ1n) is 5.45. The molecule has 0 amide bonds. The number of nitrogen functional groups attached to an aromatic ring is 1. The van der Waals surface area contributed by atoms with Crippen LogP contribution in [-0.4, -0.2) is 14.3 Å². The lowest BCUT2D eigenvalue weighted by Crippen LogP contribution is -2.22. The minimum absolute atomic E-state index is 0.0207. The second kappa shape index (κ2) is 4.08. The third-order valence-electron chi connectivity index (χ3n) is 2.98. The van der Waals surface area contributed by atoms with Crippen molar-refractivity contribution in [3.05, 3.63) is 45.5 Å². The van der Waals surface area contributed by atoms with Crippen molar-refractivity contribution >= 4 is 5.82 Å². The lowest BCUT2D eigenvalue weighted by molar-refractivity contribution is 0.728. The van der Waals surface area contributed by atoms with Crippen molar-refractivity contribution in [3.63, 3.8) is 0 Å². The van der Waals surface area contributed by atoms with Crippen LogP contribution in [0.4, 0.5) is 5.82 Å². The van der Waals surface area contributed by atoms with E-state index < -0.39 is 0 Å². The largest absolute Gasteiger partial charge is 0.384 e. The molecule has 0 aliphatic carbocycles. The molecule has 2 aromatic heterocycles. The van der Waals surface area contributed by atoms with Crippen LogP contribution in [0.2, 0.25) is 0 Å². The Bertz CT molecular complexity index is 609. The number of anilines is 1. The van der Waals surface area contributed by atoms with Crippen LogP contribution >= 0.6 is 0 Å². The molecule has 0 saturated carbocycles. The van der Waals surface area contributed by atoms with E-state index in [0.717, 1.165) is 17.0 Å². The molecule has 0 radical (unpaired) electrons. The highest BCUT2D eigenvalue weighted by atomic mass is 16.1.